The van der Waals surface area contributed by atoms with Crippen LogP contribution >= 0.6 is 58.0 Å². The number of aliphatic imine (C=N–C) groups is 1. The number of nitrogens with zero attached hydrogens (tertiary/aromatic N) is 1. The van der Waals surface area contributed by atoms with E-state index in [-0.39, 0.29) is 14.8 Å². The molecule has 0 heterocycles. The first-order chi connectivity index (χ1) is 7.00. The molecule has 80 valence electrons. The molecule has 0 saturated heterocycles. The third-order valence-corrected chi connectivity index (χ3v) is 2.81. The molecule has 0 aliphatic carbocycles. The molecule has 0 radical (unpaired) electrons. The monoisotopic (exact) mass is 301 g/mol. The predicted molar refractivity (Wildman–Crippen MR) is 68.4 cm³/mol. The van der Waals surface area contributed by atoms with Crippen LogP contribution < -0.4 is 0 Å². The van der Waals surface area contributed by atoms with Gasteiger partial charge in [-0.2, -0.15) is 0 Å². The Kier molecular flexibility index (Phi) is 5.24. The van der Waals surface area contributed by atoms with Gasteiger partial charge >= 0.3 is 0 Å². The van der Waals surface area contributed by atoms with Crippen molar-refractivity contribution in [3.63, 3.8) is 0 Å². The van der Waals surface area contributed by atoms with Crippen LogP contribution in [-0.4, -0.2) is 5.17 Å². The van der Waals surface area contributed by atoms with E-state index in [1.807, 2.05) is 0 Å². The first-order valence-electron chi connectivity index (χ1n) is 3.71. The standard InChI is InChI=1S/C9H4Cl5N/c10-6-3-1-5(2-4-6)8(13)15-9(14)7(11)12/h1-4H. The van der Waals surface area contributed by atoms with Gasteiger partial charge in [-0.1, -0.05) is 70.1 Å². The molecule has 1 rings (SSSR count). The van der Waals surface area contributed by atoms with Crippen molar-refractivity contribution in [1.29, 1.82) is 0 Å². The molecule has 0 aromatic heterocycles. The van der Waals surface area contributed by atoms with Crippen LogP contribution in [0.2, 0.25) is 5.02 Å². The van der Waals surface area contributed by atoms with E-state index in [0.29, 0.717) is 10.6 Å². The summed E-state index contributed by atoms with van der Waals surface area (Å²) in [7, 11) is 0. The molecule has 0 aliphatic rings. The largest absolute Gasteiger partial charge is 0.221 e. The zero-order chi connectivity index (χ0) is 11.4. The van der Waals surface area contributed by atoms with Crippen molar-refractivity contribution in [2.24, 2.45) is 4.99 Å². The van der Waals surface area contributed by atoms with Gasteiger partial charge in [-0.05, 0) is 12.1 Å². The van der Waals surface area contributed by atoms with E-state index < -0.39 is 0 Å². The topological polar surface area (TPSA) is 12.4 Å². The van der Waals surface area contributed by atoms with Crippen LogP contribution in [0, 0.1) is 0 Å². The summed E-state index contributed by atoms with van der Waals surface area (Å²) < 4.78 is -0.135. The lowest BCUT2D eigenvalue weighted by Gasteiger charge is -1.98. The van der Waals surface area contributed by atoms with E-state index in [4.69, 9.17) is 58.0 Å². The van der Waals surface area contributed by atoms with E-state index >= 15 is 0 Å². The zero-order valence-electron chi connectivity index (χ0n) is 7.15. The summed E-state index contributed by atoms with van der Waals surface area (Å²) in [5.41, 5.74) is 0.675. The number of hydrogen-bond donors (Lipinski definition) is 0. The van der Waals surface area contributed by atoms with Gasteiger partial charge in [-0.3, -0.25) is 0 Å². The minimum atomic E-state index is -0.135. The molecule has 1 aromatic rings. The average Bonchev–Trinajstić information content (AvgIpc) is 2.18. The number of benzene rings is 1. The Hall–Kier alpha value is 0.0800. The minimum Gasteiger partial charge on any atom is -0.221 e. The molecule has 0 spiro atoms. The molecular weight excluding hydrogens is 299 g/mol. The second-order valence-electron chi connectivity index (χ2n) is 2.46. The Balaban J connectivity index is 2.99. The summed E-state index contributed by atoms with van der Waals surface area (Å²) in [5.74, 6) is 0. The average molecular weight is 303 g/mol. The second kappa shape index (κ2) is 5.97. The minimum absolute atomic E-state index is 0.0571. The molecule has 0 fully saturated rings. The van der Waals surface area contributed by atoms with Crippen LogP contribution in [0.15, 0.2) is 38.9 Å². The van der Waals surface area contributed by atoms with Crippen LogP contribution in [0.5, 0.6) is 0 Å². The third-order valence-electron chi connectivity index (χ3n) is 1.43. The Morgan fingerprint density at radius 3 is 1.93 bits per heavy atom. The smallest absolute Gasteiger partial charge is 0.160 e. The van der Waals surface area contributed by atoms with E-state index in [0.717, 1.165) is 0 Å². The Morgan fingerprint density at radius 2 is 1.47 bits per heavy atom. The van der Waals surface area contributed by atoms with Crippen LogP contribution in [0.3, 0.4) is 0 Å². The molecule has 0 amide bonds. The summed E-state index contributed by atoms with van der Waals surface area (Å²) in [6.45, 7) is 0. The molecule has 1 nitrogen and oxygen atoms in total. The van der Waals surface area contributed by atoms with Gasteiger partial charge in [0.2, 0.25) is 0 Å². The van der Waals surface area contributed by atoms with Crippen molar-refractivity contribution in [2.45, 2.75) is 0 Å². The van der Waals surface area contributed by atoms with Crippen molar-refractivity contribution >= 4 is 63.2 Å². The van der Waals surface area contributed by atoms with Gasteiger partial charge in [0.05, 0.1) is 0 Å². The first-order valence-corrected chi connectivity index (χ1v) is 5.60. The molecule has 0 N–H and O–H groups in total. The fourth-order valence-electron chi connectivity index (χ4n) is 0.780. The molecule has 1 aromatic carbocycles. The molecule has 0 aliphatic heterocycles. The Bertz CT molecular complexity index is 403. The summed E-state index contributed by atoms with van der Waals surface area (Å²) in [6.07, 6.45) is 0. The van der Waals surface area contributed by atoms with Crippen molar-refractivity contribution in [2.75, 3.05) is 0 Å². The van der Waals surface area contributed by atoms with Gasteiger partial charge in [-0.15, -0.1) is 0 Å². The predicted octanol–water partition coefficient (Wildman–Crippen LogP) is 5.17. The van der Waals surface area contributed by atoms with Gasteiger partial charge in [0.15, 0.2) is 5.16 Å². The molecule has 6 heteroatoms. The van der Waals surface area contributed by atoms with E-state index in [1.54, 1.807) is 24.3 Å². The number of hydrogen-bond acceptors (Lipinski definition) is 1. The summed E-state index contributed by atoms with van der Waals surface area (Å²) in [4.78, 5) is 3.80. The molecule has 15 heavy (non-hydrogen) atoms. The molecule has 0 unspecified atom stereocenters. The highest BCUT2D eigenvalue weighted by Gasteiger charge is 2.02. The van der Waals surface area contributed by atoms with Gasteiger partial charge in [0.1, 0.15) is 9.66 Å². The van der Waals surface area contributed by atoms with E-state index in [1.165, 1.54) is 0 Å². The first kappa shape index (κ1) is 13.1. The molecule has 0 saturated carbocycles. The maximum atomic E-state index is 5.87. The van der Waals surface area contributed by atoms with Crippen LogP contribution in [0.4, 0.5) is 0 Å². The highest BCUT2D eigenvalue weighted by molar-refractivity contribution is 6.70. The maximum Gasteiger partial charge on any atom is 0.160 e. The number of rotatable bonds is 2. The Morgan fingerprint density at radius 1 is 0.933 bits per heavy atom. The van der Waals surface area contributed by atoms with E-state index in [2.05, 4.69) is 4.99 Å². The summed E-state index contributed by atoms with van der Waals surface area (Å²) in [6, 6.07) is 6.80. The van der Waals surface area contributed by atoms with Crippen molar-refractivity contribution < 1.29 is 0 Å². The number of halogens is 5. The highest BCUT2D eigenvalue weighted by atomic mass is 35.5. The van der Waals surface area contributed by atoms with Gasteiger partial charge in [0.25, 0.3) is 0 Å². The van der Waals surface area contributed by atoms with Gasteiger partial charge in [0, 0.05) is 10.6 Å². The van der Waals surface area contributed by atoms with Crippen LogP contribution in [0.1, 0.15) is 5.56 Å². The second-order valence-corrected chi connectivity index (χ2v) is 4.56. The maximum absolute atomic E-state index is 5.87. The fraction of sp³-hybridized carbons (Fsp3) is 0. The normalized spacial score (nSPS) is 11.4. The third kappa shape index (κ3) is 4.21. The highest BCUT2D eigenvalue weighted by Crippen LogP contribution is 2.21. The quantitative estimate of drug-likeness (QED) is 0.528. The van der Waals surface area contributed by atoms with Gasteiger partial charge in [-0.25, -0.2) is 4.99 Å². The van der Waals surface area contributed by atoms with E-state index in [9.17, 15) is 0 Å². The lowest BCUT2D eigenvalue weighted by atomic mass is 10.2. The Labute approximate surface area is 112 Å². The van der Waals surface area contributed by atoms with Crippen LogP contribution in [-0.2, 0) is 0 Å². The lowest BCUT2D eigenvalue weighted by Crippen LogP contribution is -1.90. The summed E-state index contributed by atoms with van der Waals surface area (Å²) >= 11 is 28.0. The van der Waals surface area contributed by atoms with Gasteiger partial charge < -0.3 is 0 Å². The lowest BCUT2D eigenvalue weighted by molar-refractivity contribution is 1.51. The van der Waals surface area contributed by atoms with Crippen molar-refractivity contribution in [3.05, 3.63) is 44.5 Å². The fourth-order valence-corrected chi connectivity index (χ4v) is 1.33. The molecule has 0 atom stereocenters. The van der Waals surface area contributed by atoms with Crippen molar-refractivity contribution in [1.82, 2.24) is 0 Å². The zero-order valence-corrected chi connectivity index (χ0v) is 10.9. The van der Waals surface area contributed by atoms with Crippen molar-refractivity contribution in [3.8, 4) is 0 Å². The molecule has 0 bridgehead atoms. The molecular formula is C9H4Cl5N. The SMILES string of the molecule is ClC(=NC(Cl)=C(Cl)Cl)c1ccc(Cl)cc1. The van der Waals surface area contributed by atoms with Crippen LogP contribution in [0.25, 0.3) is 0 Å². The summed E-state index contributed by atoms with van der Waals surface area (Å²) in [5, 5.41) is 0.744.